The number of H-pyrrole nitrogens is 1. The van der Waals surface area contributed by atoms with Crippen LogP contribution in [-0.2, 0) is 34.8 Å². The lowest BCUT2D eigenvalue weighted by atomic mass is 10.0. The van der Waals surface area contributed by atoms with Crippen molar-refractivity contribution in [1.82, 2.24) is 24.5 Å². The van der Waals surface area contributed by atoms with Crippen LogP contribution < -0.4 is 10.9 Å². The molecule has 1 atom stereocenters. The number of anilines is 1. The van der Waals surface area contributed by atoms with Gasteiger partial charge in [0.25, 0.3) is 5.56 Å². The highest BCUT2D eigenvalue weighted by atomic mass is 19.4. The lowest BCUT2D eigenvalue weighted by Gasteiger charge is -2.29. The molecule has 4 heterocycles. The minimum Gasteiger partial charge on any atom is -0.379 e. The number of carbonyl (C=O) groups is 1. The van der Waals surface area contributed by atoms with Gasteiger partial charge in [-0.05, 0) is 25.0 Å². The van der Waals surface area contributed by atoms with Gasteiger partial charge in [0, 0.05) is 30.9 Å². The molecule has 4 rings (SSSR count). The van der Waals surface area contributed by atoms with E-state index in [4.69, 9.17) is 4.74 Å². The van der Waals surface area contributed by atoms with Crippen molar-refractivity contribution in [3.8, 4) is 0 Å². The number of fused-ring (bicyclic) bond motifs is 3. The average molecular weight is 532 g/mol. The summed E-state index contributed by atoms with van der Waals surface area (Å²) < 4.78 is 85.3. The van der Waals surface area contributed by atoms with Crippen LogP contribution in [-0.4, -0.2) is 56.2 Å². The van der Waals surface area contributed by atoms with Crippen molar-refractivity contribution in [1.29, 1.82) is 0 Å². The van der Waals surface area contributed by atoms with E-state index in [1.807, 2.05) is 0 Å². The Morgan fingerprint density at radius 3 is 2.68 bits per heavy atom. The molecule has 9 nitrogen and oxygen atoms in total. The highest BCUT2D eigenvalue weighted by Gasteiger charge is 2.38. The number of hydrogen-bond donors (Lipinski definition) is 2. The van der Waals surface area contributed by atoms with Gasteiger partial charge in [-0.1, -0.05) is 0 Å². The van der Waals surface area contributed by atoms with E-state index < -0.39 is 40.9 Å². The number of rotatable bonds is 7. The summed E-state index contributed by atoms with van der Waals surface area (Å²) in [6.45, 7) is 2.02. The molecule has 15 heteroatoms. The number of halogens is 6. The first-order valence-electron chi connectivity index (χ1n) is 11.2. The third-order valence-corrected chi connectivity index (χ3v) is 5.88. The normalized spacial score (nSPS) is 15.1. The molecule has 3 aromatic heterocycles. The Morgan fingerprint density at radius 1 is 1.22 bits per heavy atom. The zero-order valence-electron chi connectivity index (χ0n) is 19.4. The first-order chi connectivity index (χ1) is 17.4. The number of imidazole rings is 1. The minimum atomic E-state index is -4.87. The molecule has 1 aliphatic rings. The van der Waals surface area contributed by atoms with Crippen LogP contribution in [0.25, 0.3) is 5.65 Å². The number of hydrogen-bond acceptors (Lipinski definition) is 6. The molecule has 2 N–H and O–H groups in total. The van der Waals surface area contributed by atoms with Gasteiger partial charge in [0.15, 0.2) is 0 Å². The smallest absolute Gasteiger partial charge is 0.379 e. The summed E-state index contributed by atoms with van der Waals surface area (Å²) in [6.07, 6.45) is -6.12. The second-order valence-electron chi connectivity index (χ2n) is 8.58. The Morgan fingerprint density at radius 2 is 1.97 bits per heavy atom. The number of nitrogens with zero attached hydrogens (tertiary/aromatic N) is 4. The molecule has 0 bridgehead atoms. The van der Waals surface area contributed by atoms with E-state index in [0.717, 1.165) is 16.8 Å². The fourth-order valence-corrected chi connectivity index (χ4v) is 4.19. The fourth-order valence-electron chi connectivity index (χ4n) is 4.19. The van der Waals surface area contributed by atoms with Crippen molar-refractivity contribution in [3.63, 3.8) is 0 Å². The molecule has 37 heavy (non-hydrogen) atoms. The Hall–Kier alpha value is -3.62. The van der Waals surface area contributed by atoms with Crippen molar-refractivity contribution in [3.05, 3.63) is 57.4 Å². The van der Waals surface area contributed by atoms with E-state index in [2.05, 4.69) is 15.4 Å². The fraction of sp³-hybridized carbons (Fsp3) is 0.455. The molecule has 0 unspecified atom stereocenters. The predicted molar refractivity (Wildman–Crippen MR) is 118 cm³/mol. The molecule has 200 valence electrons. The zero-order chi connectivity index (χ0) is 27.0. The Balaban J connectivity index is 1.29. The maximum Gasteiger partial charge on any atom is 0.433 e. The number of aromatic nitrogens is 4. The molecular weight excluding hydrogens is 510 g/mol. The number of amides is 1. The molecule has 0 saturated carbocycles. The Labute approximate surface area is 205 Å². The predicted octanol–water partition coefficient (Wildman–Crippen LogP) is 3.25. The SMILES string of the molecule is C[C@@H](COCCC(=O)N1CCc2c(ccn3c(C(F)(F)F)cnc23)C1)Nc1cn[nH]c(=O)c1C(F)(F)F. The number of aromatic amines is 1. The lowest BCUT2D eigenvalue weighted by Crippen LogP contribution is -2.37. The molecule has 3 aromatic rings. The highest BCUT2D eigenvalue weighted by molar-refractivity contribution is 5.77. The van der Waals surface area contributed by atoms with Crippen LogP contribution in [0.5, 0.6) is 0 Å². The number of pyridine rings is 1. The molecular formula is C22H22F6N6O3. The molecule has 0 aliphatic carbocycles. The van der Waals surface area contributed by atoms with Crippen LogP contribution in [0.2, 0.25) is 0 Å². The Kier molecular flexibility index (Phi) is 7.17. The van der Waals surface area contributed by atoms with Crippen molar-refractivity contribution in [2.24, 2.45) is 0 Å². The molecule has 0 fully saturated rings. The van der Waals surface area contributed by atoms with E-state index >= 15 is 0 Å². The van der Waals surface area contributed by atoms with Crippen molar-refractivity contribution in [2.45, 2.75) is 44.7 Å². The topological polar surface area (TPSA) is 105 Å². The number of carbonyl (C=O) groups excluding carboxylic acids is 1. The van der Waals surface area contributed by atoms with Crippen LogP contribution in [0, 0.1) is 0 Å². The second-order valence-corrected chi connectivity index (χ2v) is 8.58. The molecule has 0 aromatic carbocycles. The maximum absolute atomic E-state index is 13.1. The largest absolute Gasteiger partial charge is 0.433 e. The summed E-state index contributed by atoms with van der Waals surface area (Å²) in [7, 11) is 0. The van der Waals surface area contributed by atoms with E-state index in [-0.39, 0.29) is 37.7 Å². The summed E-state index contributed by atoms with van der Waals surface area (Å²) >= 11 is 0. The number of alkyl halides is 6. The summed E-state index contributed by atoms with van der Waals surface area (Å²) in [4.78, 5) is 29.7. The van der Waals surface area contributed by atoms with Gasteiger partial charge < -0.3 is 15.0 Å². The van der Waals surface area contributed by atoms with E-state index in [0.29, 0.717) is 24.1 Å². The molecule has 1 aliphatic heterocycles. The maximum atomic E-state index is 13.1. The van der Waals surface area contributed by atoms with Gasteiger partial charge in [0.2, 0.25) is 5.91 Å². The lowest BCUT2D eigenvalue weighted by molar-refractivity contribution is -0.142. The number of nitrogens with one attached hydrogen (secondary N) is 2. The first-order valence-corrected chi connectivity index (χ1v) is 11.2. The van der Waals surface area contributed by atoms with Crippen LogP contribution >= 0.6 is 0 Å². The molecule has 0 radical (unpaired) electrons. The van der Waals surface area contributed by atoms with Crippen LogP contribution in [0.15, 0.2) is 29.5 Å². The van der Waals surface area contributed by atoms with Crippen molar-refractivity contribution < 1.29 is 35.9 Å². The standard InChI is InChI=1S/C22H22F6N6O3/c1-12(31-15-8-30-32-20(36)18(15)22(26,27)28)11-37-7-4-17(35)33-5-3-14-13(10-33)2-6-34-16(21(23,24)25)9-29-19(14)34/h2,6,8-9,12H,3-5,7,10-11H2,1H3,(H2,31,32,36)/t12-/m0/s1. The molecule has 0 saturated heterocycles. The Bertz CT molecular complexity index is 1350. The van der Waals surface area contributed by atoms with Gasteiger partial charge in [-0.2, -0.15) is 31.4 Å². The molecule has 1 amide bonds. The highest BCUT2D eigenvalue weighted by Crippen LogP contribution is 2.33. The van der Waals surface area contributed by atoms with Crippen LogP contribution in [0.3, 0.4) is 0 Å². The van der Waals surface area contributed by atoms with Gasteiger partial charge in [-0.15, -0.1) is 0 Å². The van der Waals surface area contributed by atoms with Gasteiger partial charge >= 0.3 is 12.4 Å². The van der Waals surface area contributed by atoms with E-state index in [9.17, 15) is 35.9 Å². The van der Waals surface area contributed by atoms with Gasteiger partial charge in [0.1, 0.15) is 16.9 Å². The quantitative estimate of drug-likeness (QED) is 0.358. The van der Waals surface area contributed by atoms with E-state index in [1.165, 1.54) is 6.20 Å². The van der Waals surface area contributed by atoms with Crippen molar-refractivity contribution in [2.75, 3.05) is 25.1 Å². The monoisotopic (exact) mass is 532 g/mol. The summed E-state index contributed by atoms with van der Waals surface area (Å²) in [5.74, 6) is -0.233. The van der Waals surface area contributed by atoms with Crippen molar-refractivity contribution >= 4 is 17.2 Å². The second kappa shape index (κ2) is 10.0. The van der Waals surface area contributed by atoms with Crippen LogP contribution in [0.1, 0.15) is 35.7 Å². The summed E-state index contributed by atoms with van der Waals surface area (Å²) in [6, 6.07) is 0.918. The third kappa shape index (κ3) is 5.70. The van der Waals surface area contributed by atoms with Crippen LogP contribution in [0.4, 0.5) is 32.0 Å². The third-order valence-electron chi connectivity index (χ3n) is 5.88. The minimum absolute atomic E-state index is 0.00218. The summed E-state index contributed by atoms with van der Waals surface area (Å²) in [5.41, 5.74) is -2.53. The zero-order valence-corrected chi connectivity index (χ0v) is 19.4. The van der Waals surface area contributed by atoms with Gasteiger partial charge in [-0.3, -0.25) is 14.0 Å². The number of ether oxygens (including phenoxy) is 1. The summed E-state index contributed by atoms with van der Waals surface area (Å²) in [5, 5.41) is 7.68. The molecule has 0 spiro atoms. The van der Waals surface area contributed by atoms with Gasteiger partial charge in [0.05, 0.1) is 37.7 Å². The van der Waals surface area contributed by atoms with E-state index in [1.54, 1.807) is 23.0 Å². The van der Waals surface area contributed by atoms with Gasteiger partial charge in [-0.25, -0.2) is 10.1 Å². The average Bonchev–Trinajstić information content (AvgIpc) is 3.26. The first kappa shape index (κ1) is 26.4.